The van der Waals surface area contributed by atoms with E-state index in [9.17, 15) is 9.18 Å². The maximum absolute atomic E-state index is 12.8. The quantitative estimate of drug-likeness (QED) is 0.876. The molecule has 0 saturated heterocycles. The number of aromatic amines is 1. The van der Waals surface area contributed by atoms with Crippen molar-refractivity contribution < 1.29 is 4.39 Å². The molecule has 0 aliphatic heterocycles. The van der Waals surface area contributed by atoms with Crippen molar-refractivity contribution in [3.8, 4) is 0 Å². The molecule has 2 rings (SSSR count). The molecule has 18 heavy (non-hydrogen) atoms. The van der Waals surface area contributed by atoms with E-state index in [2.05, 4.69) is 15.3 Å². The molecule has 0 bridgehead atoms. The SMILES string of the molecule is CC(C)c1cc(=O)[nH]c(Nc2ccc(F)cc2)n1. The molecule has 2 N–H and O–H groups in total. The summed E-state index contributed by atoms with van der Waals surface area (Å²) in [6, 6.07) is 7.31. The molecule has 0 aliphatic carbocycles. The molecule has 2 aromatic rings. The number of H-pyrrole nitrogens is 1. The highest BCUT2D eigenvalue weighted by Gasteiger charge is 2.05. The summed E-state index contributed by atoms with van der Waals surface area (Å²) in [5.74, 6) is 0.219. The maximum Gasteiger partial charge on any atom is 0.252 e. The van der Waals surface area contributed by atoms with Crippen molar-refractivity contribution >= 4 is 11.6 Å². The van der Waals surface area contributed by atoms with Crippen LogP contribution in [0.2, 0.25) is 0 Å². The molecule has 0 aliphatic rings. The molecule has 5 heteroatoms. The number of nitrogens with one attached hydrogen (secondary N) is 2. The predicted molar refractivity (Wildman–Crippen MR) is 68.6 cm³/mol. The summed E-state index contributed by atoms with van der Waals surface area (Å²) in [4.78, 5) is 18.3. The lowest BCUT2D eigenvalue weighted by atomic mass is 10.1. The minimum absolute atomic E-state index is 0.168. The number of hydrogen-bond acceptors (Lipinski definition) is 3. The topological polar surface area (TPSA) is 57.8 Å². The van der Waals surface area contributed by atoms with E-state index in [0.29, 0.717) is 17.3 Å². The summed E-state index contributed by atoms with van der Waals surface area (Å²) in [5, 5.41) is 2.93. The third-order valence-corrected chi connectivity index (χ3v) is 2.46. The first kappa shape index (κ1) is 12.3. The first-order valence-electron chi connectivity index (χ1n) is 5.68. The van der Waals surface area contributed by atoms with Gasteiger partial charge in [-0.25, -0.2) is 9.37 Å². The van der Waals surface area contributed by atoms with Crippen molar-refractivity contribution in [1.29, 1.82) is 0 Å². The van der Waals surface area contributed by atoms with Crippen LogP contribution in [0.4, 0.5) is 16.0 Å². The van der Waals surface area contributed by atoms with Gasteiger partial charge in [-0.2, -0.15) is 0 Å². The van der Waals surface area contributed by atoms with Crippen LogP contribution < -0.4 is 10.9 Å². The highest BCUT2D eigenvalue weighted by molar-refractivity contribution is 5.52. The second-order valence-corrected chi connectivity index (χ2v) is 4.31. The van der Waals surface area contributed by atoms with Gasteiger partial charge in [0.05, 0.1) is 5.69 Å². The molecular formula is C13H14FN3O. The summed E-state index contributed by atoms with van der Waals surface area (Å²) in [7, 11) is 0. The fraction of sp³-hybridized carbons (Fsp3) is 0.231. The number of aromatic nitrogens is 2. The van der Waals surface area contributed by atoms with Crippen LogP contribution in [0.15, 0.2) is 35.1 Å². The van der Waals surface area contributed by atoms with Gasteiger partial charge >= 0.3 is 0 Å². The Kier molecular flexibility index (Phi) is 3.41. The van der Waals surface area contributed by atoms with Crippen LogP contribution in [0.1, 0.15) is 25.5 Å². The van der Waals surface area contributed by atoms with Crippen LogP contribution in [0.5, 0.6) is 0 Å². The van der Waals surface area contributed by atoms with Crippen molar-refractivity contribution in [2.75, 3.05) is 5.32 Å². The monoisotopic (exact) mass is 247 g/mol. The van der Waals surface area contributed by atoms with E-state index in [1.54, 1.807) is 12.1 Å². The van der Waals surface area contributed by atoms with Gasteiger partial charge in [0.2, 0.25) is 5.95 Å². The Morgan fingerprint density at radius 1 is 1.28 bits per heavy atom. The van der Waals surface area contributed by atoms with Crippen molar-refractivity contribution in [2.45, 2.75) is 19.8 Å². The first-order chi connectivity index (χ1) is 8.54. The number of halogens is 1. The van der Waals surface area contributed by atoms with Crippen LogP contribution in [0.3, 0.4) is 0 Å². The second kappa shape index (κ2) is 5.00. The van der Waals surface area contributed by atoms with Crippen LogP contribution in [0, 0.1) is 5.82 Å². The van der Waals surface area contributed by atoms with E-state index in [1.807, 2.05) is 13.8 Å². The third kappa shape index (κ3) is 2.94. The number of benzene rings is 1. The fourth-order valence-electron chi connectivity index (χ4n) is 1.50. The summed E-state index contributed by atoms with van der Waals surface area (Å²) >= 11 is 0. The van der Waals surface area contributed by atoms with Gasteiger partial charge < -0.3 is 5.32 Å². The molecule has 0 radical (unpaired) electrons. The molecule has 1 aromatic heterocycles. The lowest BCUT2D eigenvalue weighted by molar-refractivity contribution is 0.628. The molecule has 0 amide bonds. The molecule has 0 saturated carbocycles. The molecule has 0 spiro atoms. The van der Waals surface area contributed by atoms with Gasteiger partial charge in [-0.05, 0) is 30.2 Å². The number of anilines is 2. The standard InChI is InChI=1S/C13H14FN3O/c1-8(2)11-7-12(18)17-13(16-11)15-10-5-3-9(14)4-6-10/h3-8H,1-2H3,(H2,15,16,17,18). The van der Waals surface area contributed by atoms with Gasteiger partial charge in [0.15, 0.2) is 0 Å². The Bertz CT molecular complexity index is 590. The van der Waals surface area contributed by atoms with Crippen LogP contribution in [0.25, 0.3) is 0 Å². The largest absolute Gasteiger partial charge is 0.326 e. The minimum Gasteiger partial charge on any atom is -0.326 e. The smallest absolute Gasteiger partial charge is 0.252 e. The Morgan fingerprint density at radius 3 is 2.56 bits per heavy atom. The number of nitrogens with zero attached hydrogens (tertiary/aromatic N) is 1. The van der Waals surface area contributed by atoms with E-state index in [4.69, 9.17) is 0 Å². The average Bonchev–Trinajstić information content (AvgIpc) is 2.31. The Labute approximate surface area is 104 Å². The maximum atomic E-state index is 12.8. The average molecular weight is 247 g/mol. The van der Waals surface area contributed by atoms with E-state index < -0.39 is 0 Å². The lowest BCUT2D eigenvalue weighted by Gasteiger charge is -2.08. The highest BCUT2D eigenvalue weighted by atomic mass is 19.1. The number of rotatable bonds is 3. The van der Waals surface area contributed by atoms with Gasteiger partial charge in [0.25, 0.3) is 5.56 Å². The third-order valence-electron chi connectivity index (χ3n) is 2.46. The zero-order valence-corrected chi connectivity index (χ0v) is 10.2. The molecule has 0 unspecified atom stereocenters. The van der Waals surface area contributed by atoms with E-state index in [-0.39, 0.29) is 17.3 Å². The molecule has 1 heterocycles. The molecule has 4 nitrogen and oxygen atoms in total. The predicted octanol–water partition coefficient (Wildman–Crippen LogP) is 2.78. The molecule has 0 atom stereocenters. The van der Waals surface area contributed by atoms with E-state index in [1.165, 1.54) is 18.2 Å². The second-order valence-electron chi connectivity index (χ2n) is 4.31. The minimum atomic E-state index is -0.307. The molecule has 1 aromatic carbocycles. The molecule has 0 fully saturated rings. The summed E-state index contributed by atoms with van der Waals surface area (Å²) in [5.41, 5.74) is 1.17. The van der Waals surface area contributed by atoms with Crippen molar-refractivity contribution in [3.63, 3.8) is 0 Å². The van der Waals surface area contributed by atoms with E-state index >= 15 is 0 Å². The van der Waals surface area contributed by atoms with Crippen LogP contribution in [-0.2, 0) is 0 Å². The van der Waals surface area contributed by atoms with Crippen molar-refractivity contribution in [1.82, 2.24) is 9.97 Å². The van der Waals surface area contributed by atoms with E-state index in [0.717, 1.165) is 0 Å². The van der Waals surface area contributed by atoms with Gasteiger partial charge in [0, 0.05) is 11.8 Å². The Hall–Kier alpha value is -2.17. The summed E-state index contributed by atoms with van der Waals surface area (Å²) < 4.78 is 12.8. The summed E-state index contributed by atoms with van der Waals surface area (Å²) in [6.07, 6.45) is 0. The van der Waals surface area contributed by atoms with Crippen molar-refractivity contribution in [2.24, 2.45) is 0 Å². The Balaban J connectivity index is 2.28. The molecule has 94 valence electrons. The molecular weight excluding hydrogens is 233 g/mol. The van der Waals surface area contributed by atoms with Gasteiger partial charge in [0.1, 0.15) is 5.82 Å². The van der Waals surface area contributed by atoms with Gasteiger partial charge in [-0.1, -0.05) is 13.8 Å². The Morgan fingerprint density at radius 2 is 1.94 bits per heavy atom. The fourth-order valence-corrected chi connectivity index (χ4v) is 1.50. The zero-order valence-electron chi connectivity index (χ0n) is 10.2. The normalized spacial score (nSPS) is 10.7. The van der Waals surface area contributed by atoms with Crippen LogP contribution in [-0.4, -0.2) is 9.97 Å². The highest BCUT2D eigenvalue weighted by Crippen LogP contribution is 2.15. The lowest BCUT2D eigenvalue weighted by Crippen LogP contribution is -2.12. The van der Waals surface area contributed by atoms with Gasteiger partial charge in [-0.15, -0.1) is 0 Å². The van der Waals surface area contributed by atoms with Crippen molar-refractivity contribution in [3.05, 3.63) is 52.2 Å². The van der Waals surface area contributed by atoms with Crippen LogP contribution >= 0.6 is 0 Å². The summed E-state index contributed by atoms with van der Waals surface area (Å²) in [6.45, 7) is 3.92. The first-order valence-corrected chi connectivity index (χ1v) is 5.68. The number of hydrogen-bond donors (Lipinski definition) is 2. The zero-order chi connectivity index (χ0) is 13.1. The van der Waals surface area contributed by atoms with Gasteiger partial charge in [-0.3, -0.25) is 9.78 Å².